The molecule has 2 aliphatic heterocycles. The Hall–Kier alpha value is -0.341. The van der Waals surface area contributed by atoms with Gasteiger partial charge in [0.15, 0.2) is 0 Å². The van der Waals surface area contributed by atoms with E-state index in [1.165, 1.54) is 0 Å². The van der Waals surface area contributed by atoms with Gasteiger partial charge in [0.2, 0.25) is 0 Å². The summed E-state index contributed by atoms with van der Waals surface area (Å²) in [5, 5.41) is 0. The van der Waals surface area contributed by atoms with Crippen LogP contribution in [0.4, 0.5) is 0 Å². The van der Waals surface area contributed by atoms with Gasteiger partial charge in [-0.15, -0.1) is 0 Å². The molecule has 2 heterocycles. The number of nitrogens with one attached hydrogen (secondary N) is 2. The van der Waals surface area contributed by atoms with Crippen LogP contribution in [0.25, 0.3) is 0 Å². The van der Waals surface area contributed by atoms with Crippen LogP contribution in [0.2, 0.25) is 0 Å². The average Bonchev–Trinajstić information content (AvgIpc) is 2.68. The van der Waals surface area contributed by atoms with Crippen LogP contribution in [0.1, 0.15) is 27.7 Å². The van der Waals surface area contributed by atoms with Gasteiger partial charge in [0.05, 0.1) is 0 Å². The fourth-order valence-electron chi connectivity index (χ4n) is 2.00. The maximum absolute atomic E-state index is 11.7. The quantitative estimate of drug-likeness (QED) is 0.671. The first-order valence-electron chi connectivity index (χ1n) is 5.86. The summed E-state index contributed by atoms with van der Waals surface area (Å²) < 4.78 is 16.9. The van der Waals surface area contributed by atoms with Crippen molar-refractivity contribution in [2.45, 2.75) is 39.8 Å². The summed E-state index contributed by atoms with van der Waals surface area (Å²) in [7, 11) is 0. The Balaban J connectivity index is 2.14. The molecule has 7 heteroatoms. The van der Waals surface area contributed by atoms with E-state index in [-0.39, 0.29) is 35.9 Å². The van der Waals surface area contributed by atoms with Gasteiger partial charge in [-0.3, -0.25) is 0 Å². The van der Waals surface area contributed by atoms with E-state index in [4.69, 9.17) is 6.15 Å². The Kier molecular flexibility index (Phi) is 3.39. The molecule has 0 amide bonds. The van der Waals surface area contributed by atoms with Crippen LogP contribution in [0.5, 0.6) is 0 Å². The number of rotatable bonds is 2. The molecule has 6 nitrogen and oxygen atoms in total. The maximum atomic E-state index is 11.7. The summed E-state index contributed by atoms with van der Waals surface area (Å²) in [5.74, 6) is -0.365. The standard InChI is InChI=1S/2C5H10NO2.Sn/c2*1-3(2)4(6)5(7)8;/h2*3-4,6H,1-2H3,(H,7,8);/q2*-1;+4/p-2. The topological polar surface area (TPSA) is 76.7 Å². The van der Waals surface area contributed by atoms with Crippen LogP contribution in [-0.2, 0) is 15.7 Å². The number of carbonyl (C=O) groups is 2. The van der Waals surface area contributed by atoms with Crippen molar-refractivity contribution in [3.05, 3.63) is 0 Å². The van der Waals surface area contributed by atoms with Gasteiger partial charge in [-0.2, -0.15) is 0 Å². The van der Waals surface area contributed by atoms with Crippen molar-refractivity contribution in [2.24, 2.45) is 11.8 Å². The molecule has 1 spiro atoms. The Morgan fingerprint density at radius 1 is 0.941 bits per heavy atom. The summed E-state index contributed by atoms with van der Waals surface area (Å²) in [5.41, 5.74) is 0. The van der Waals surface area contributed by atoms with E-state index < -0.39 is 19.8 Å². The molecule has 0 saturated carbocycles. The van der Waals surface area contributed by atoms with E-state index >= 15 is 0 Å². The van der Waals surface area contributed by atoms with Gasteiger partial charge in [0.1, 0.15) is 0 Å². The number of hydrogen-bond donors (Lipinski definition) is 2. The molecule has 2 N–H and O–H groups in total. The van der Waals surface area contributed by atoms with Gasteiger partial charge in [-0.05, 0) is 0 Å². The molecule has 0 aromatic rings. The molecule has 0 bridgehead atoms. The van der Waals surface area contributed by atoms with Gasteiger partial charge < -0.3 is 0 Å². The summed E-state index contributed by atoms with van der Waals surface area (Å²) in [6.45, 7) is 7.72. The zero-order valence-electron chi connectivity index (χ0n) is 10.4. The van der Waals surface area contributed by atoms with E-state index in [0.29, 0.717) is 0 Å². The van der Waals surface area contributed by atoms with Crippen molar-refractivity contribution < 1.29 is 15.7 Å². The van der Waals surface area contributed by atoms with E-state index in [2.05, 4.69) is 7.08 Å². The zero-order valence-corrected chi connectivity index (χ0v) is 13.3. The van der Waals surface area contributed by atoms with Crippen LogP contribution in [-0.4, -0.2) is 43.8 Å². The molecule has 2 fully saturated rings. The summed E-state index contributed by atoms with van der Waals surface area (Å²) in [6.07, 6.45) is 0. The van der Waals surface area contributed by atoms with Crippen LogP contribution >= 0.6 is 0 Å². The average molecular weight is 349 g/mol. The molecular formula is C10H18N2O4Sn. The molecule has 2 atom stereocenters. The van der Waals surface area contributed by atoms with Gasteiger partial charge in [0.25, 0.3) is 0 Å². The van der Waals surface area contributed by atoms with E-state index in [0.717, 1.165) is 0 Å². The van der Waals surface area contributed by atoms with Crippen molar-refractivity contribution in [3.8, 4) is 0 Å². The van der Waals surface area contributed by atoms with Crippen molar-refractivity contribution in [3.63, 3.8) is 0 Å². The van der Waals surface area contributed by atoms with Gasteiger partial charge >= 0.3 is 106 Å². The molecule has 17 heavy (non-hydrogen) atoms. The van der Waals surface area contributed by atoms with Gasteiger partial charge in [-0.1, -0.05) is 0 Å². The first-order valence-corrected chi connectivity index (χ1v) is 11.0. The normalized spacial score (nSPS) is 37.1. The predicted molar refractivity (Wildman–Crippen MR) is 61.5 cm³/mol. The summed E-state index contributed by atoms with van der Waals surface area (Å²) >= 11 is -3.86. The molecule has 0 aromatic heterocycles. The minimum atomic E-state index is -3.86. The van der Waals surface area contributed by atoms with Crippen molar-refractivity contribution in [2.75, 3.05) is 0 Å². The monoisotopic (exact) mass is 350 g/mol. The van der Waals surface area contributed by atoms with Crippen molar-refractivity contribution >= 4 is 31.7 Å². The summed E-state index contributed by atoms with van der Waals surface area (Å²) in [6, 6.07) is -0.728. The minimum absolute atomic E-state index is 0.122. The van der Waals surface area contributed by atoms with E-state index in [9.17, 15) is 9.59 Å². The fraction of sp³-hybridized carbons (Fsp3) is 0.800. The fourth-order valence-corrected chi connectivity index (χ4v) is 10.3. The van der Waals surface area contributed by atoms with E-state index in [1.807, 2.05) is 27.7 Å². The predicted octanol–water partition coefficient (Wildman–Crippen LogP) is -0.236. The van der Waals surface area contributed by atoms with Crippen LogP contribution < -0.4 is 7.08 Å². The first-order chi connectivity index (χ1) is 7.84. The molecular weight excluding hydrogens is 331 g/mol. The van der Waals surface area contributed by atoms with Crippen molar-refractivity contribution in [1.29, 1.82) is 0 Å². The Morgan fingerprint density at radius 3 is 1.53 bits per heavy atom. The van der Waals surface area contributed by atoms with Gasteiger partial charge in [-0.25, -0.2) is 0 Å². The molecule has 2 aliphatic rings. The van der Waals surface area contributed by atoms with Gasteiger partial charge in [0, 0.05) is 0 Å². The Bertz CT molecular complexity index is 324. The van der Waals surface area contributed by atoms with Crippen LogP contribution in [0, 0.1) is 11.8 Å². The third-order valence-corrected chi connectivity index (χ3v) is 9.75. The molecule has 2 saturated heterocycles. The molecule has 0 aromatic carbocycles. The van der Waals surface area contributed by atoms with Crippen LogP contribution in [0.3, 0.4) is 0 Å². The molecule has 0 radical (unpaired) electrons. The second kappa shape index (κ2) is 4.40. The number of carbonyl (C=O) groups excluding carboxylic acids is 2. The molecule has 0 aliphatic carbocycles. The number of hydrogen-bond acceptors (Lipinski definition) is 6. The molecule has 96 valence electrons. The Morgan fingerprint density at radius 2 is 1.29 bits per heavy atom. The third kappa shape index (κ3) is 2.30. The second-order valence-electron chi connectivity index (χ2n) is 5.19. The van der Waals surface area contributed by atoms with Crippen LogP contribution in [0.15, 0.2) is 0 Å². The molecule has 2 rings (SSSR count). The zero-order chi connectivity index (χ0) is 12.8. The second-order valence-corrected chi connectivity index (χ2v) is 11.5. The van der Waals surface area contributed by atoms with E-state index in [1.54, 1.807) is 0 Å². The van der Waals surface area contributed by atoms with Crippen molar-refractivity contribution in [1.82, 2.24) is 7.08 Å². The Labute approximate surface area is 106 Å². The molecule has 2 unspecified atom stereocenters. The first kappa shape index (κ1) is 13.1. The third-order valence-electron chi connectivity index (χ3n) is 3.02. The SMILES string of the molecule is CC(C)C1[NH][Sn]2([NH]C(C(C)C)C(=O)[O]2)[O]C1=O. The summed E-state index contributed by atoms with van der Waals surface area (Å²) in [4.78, 5) is 23.4.